The van der Waals surface area contributed by atoms with E-state index < -0.39 is 94.3 Å². The number of aliphatic hydroxyl groups is 3. The van der Waals surface area contributed by atoms with Crippen LogP contribution in [0.2, 0.25) is 0 Å². The topological polar surface area (TPSA) is 153 Å². The van der Waals surface area contributed by atoms with Gasteiger partial charge >= 0.3 is 11.9 Å². The number of allylic oxidation sites excluding steroid dienone is 10. The number of rotatable bonds is 23. The zero-order chi connectivity index (χ0) is 46.4. The van der Waals surface area contributed by atoms with Gasteiger partial charge in [0, 0.05) is 82.5 Å². The number of nitrogens with zero attached hydrogens (tertiary/aromatic N) is 1. The highest BCUT2D eigenvalue weighted by atomic mass is 16.6. The molecule has 6 aliphatic rings. The first-order valence-corrected chi connectivity index (χ1v) is 24.2. The summed E-state index contributed by atoms with van der Waals surface area (Å²) in [5.41, 5.74) is -4.93. The van der Waals surface area contributed by atoms with Crippen molar-refractivity contribution in [2.45, 2.75) is 138 Å². The Morgan fingerprint density at radius 2 is 1.45 bits per heavy atom. The molecule has 358 valence electrons. The lowest BCUT2D eigenvalue weighted by atomic mass is 9.42. The summed E-state index contributed by atoms with van der Waals surface area (Å²) in [7, 11) is 6.37. The Morgan fingerprint density at radius 3 is 2.03 bits per heavy atom. The molecular weight excluding hydrogens is 827 g/mol. The van der Waals surface area contributed by atoms with Crippen LogP contribution in [0.4, 0.5) is 0 Å². The number of methoxy groups -OCH3 is 4. The molecule has 7 bridgehead atoms. The molecule has 1 heterocycles. The highest BCUT2D eigenvalue weighted by Gasteiger charge is 2.92. The minimum Gasteiger partial charge on any atom is -0.455 e. The Hall–Kier alpha value is -3.46. The van der Waals surface area contributed by atoms with E-state index in [1.165, 1.54) is 7.11 Å². The zero-order valence-electron chi connectivity index (χ0n) is 39.5. The smallest absolute Gasteiger partial charge is 0.338 e. The van der Waals surface area contributed by atoms with Crippen molar-refractivity contribution >= 4 is 11.9 Å². The third-order valence-corrected chi connectivity index (χ3v) is 16.3. The van der Waals surface area contributed by atoms with Crippen LogP contribution in [0.3, 0.4) is 0 Å². The predicted molar refractivity (Wildman–Crippen MR) is 248 cm³/mol. The maximum atomic E-state index is 14.6. The van der Waals surface area contributed by atoms with Crippen LogP contribution in [0.5, 0.6) is 0 Å². The number of unbranched alkanes of at least 4 members (excludes halogenated alkanes) is 2. The van der Waals surface area contributed by atoms with Gasteiger partial charge in [-0.3, -0.25) is 9.69 Å². The summed E-state index contributed by atoms with van der Waals surface area (Å²) in [6.45, 7) is 5.51. The van der Waals surface area contributed by atoms with E-state index in [1.807, 2.05) is 6.07 Å². The van der Waals surface area contributed by atoms with E-state index in [9.17, 15) is 24.9 Å². The van der Waals surface area contributed by atoms with Gasteiger partial charge in [-0.15, -0.1) is 0 Å². The first kappa shape index (κ1) is 49.4. The number of carbonyl (C=O) groups is 2. The van der Waals surface area contributed by atoms with Crippen LogP contribution in [0.1, 0.15) is 94.8 Å². The first-order chi connectivity index (χ1) is 31.5. The van der Waals surface area contributed by atoms with E-state index in [0.717, 1.165) is 44.9 Å². The summed E-state index contributed by atoms with van der Waals surface area (Å²) in [5, 5.41) is 38.4. The molecule has 7 rings (SSSR count). The second-order valence-electron chi connectivity index (χ2n) is 19.3. The van der Waals surface area contributed by atoms with Crippen molar-refractivity contribution in [1.82, 2.24) is 4.90 Å². The van der Waals surface area contributed by atoms with Gasteiger partial charge < -0.3 is 43.7 Å². The molecule has 0 aromatic heterocycles. The predicted octanol–water partition coefficient (Wildman–Crippen LogP) is 6.94. The number of benzene rings is 1. The Bertz CT molecular complexity index is 1920. The second-order valence-corrected chi connectivity index (χ2v) is 19.3. The molecule has 3 N–H and O–H groups in total. The summed E-state index contributed by atoms with van der Waals surface area (Å²) in [6.07, 6.45) is 23.0. The Labute approximate surface area is 386 Å². The third-order valence-electron chi connectivity index (χ3n) is 16.3. The monoisotopic (exact) mass is 902 g/mol. The number of esters is 2. The van der Waals surface area contributed by atoms with Gasteiger partial charge in [0.05, 0.1) is 30.5 Å². The summed E-state index contributed by atoms with van der Waals surface area (Å²) in [4.78, 5) is 31.0. The fourth-order valence-corrected chi connectivity index (χ4v) is 14.2. The number of fused-ring (bicyclic) bond motifs is 2. The zero-order valence-corrected chi connectivity index (χ0v) is 39.5. The third kappa shape index (κ3) is 8.36. The molecule has 12 heteroatoms. The number of carbonyl (C=O) groups excluding carboxylic acids is 2. The summed E-state index contributed by atoms with van der Waals surface area (Å²) < 4.78 is 38.7. The summed E-state index contributed by atoms with van der Waals surface area (Å²) in [5.74, 6) is -3.63. The molecule has 1 aromatic carbocycles. The number of aliphatic hydroxyl groups excluding tert-OH is 2. The van der Waals surface area contributed by atoms with Crippen LogP contribution in [0.15, 0.2) is 91.1 Å². The van der Waals surface area contributed by atoms with Gasteiger partial charge in [-0.1, -0.05) is 92.8 Å². The van der Waals surface area contributed by atoms with Crippen LogP contribution in [0, 0.1) is 34.5 Å². The first-order valence-electron chi connectivity index (χ1n) is 24.2. The van der Waals surface area contributed by atoms with Gasteiger partial charge in [0.25, 0.3) is 0 Å². The second kappa shape index (κ2) is 21.2. The molecule has 1 unspecified atom stereocenters. The largest absolute Gasteiger partial charge is 0.455 e. The lowest BCUT2D eigenvalue weighted by Gasteiger charge is -2.70. The highest BCUT2D eigenvalue weighted by molar-refractivity contribution is 5.89. The maximum Gasteiger partial charge on any atom is 0.338 e. The van der Waals surface area contributed by atoms with Crippen molar-refractivity contribution in [3.8, 4) is 0 Å². The Kier molecular flexibility index (Phi) is 16.2. The molecule has 6 fully saturated rings. The van der Waals surface area contributed by atoms with Gasteiger partial charge in [0.15, 0.2) is 5.60 Å². The van der Waals surface area contributed by atoms with Crippen molar-refractivity contribution in [3.05, 3.63) is 96.7 Å². The van der Waals surface area contributed by atoms with Crippen molar-refractivity contribution in [2.75, 3.05) is 48.1 Å². The van der Waals surface area contributed by atoms with Crippen molar-refractivity contribution < 1.29 is 53.3 Å². The molecule has 5 aliphatic carbocycles. The van der Waals surface area contributed by atoms with E-state index in [-0.39, 0.29) is 25.5 Å². The normalized spacial score (nSPS) is 39.4. The number of piperidine rings is 1. The minimum atomic E-state index is -1.86. The lowest BCUT2D eigenvalue weighted by molar-refractivity contribution is -0.323. The average molecular weight is 902 g/mol. The Morgan fingerprint density at radius 1 is 0.800 bits per heavy atom. The number of hydrogen-bond donors (Lipinski definition) is 3. The van der Waals surface area contributed by atoms with Crippen molar-refractivity contribution in [2.24, 2.45) is 34.5 Å². The molecule has 0 amide bonds. The lowest BCUT2D eigenvalue weighted by Crippen LogP contribution is -2.81. The number of likely N-dealkylation sites (tertiary alicyclic amines) is 1. The summed E-state index contributed by atoms with van der Waals surface area (Å²) >= 11 is 0. The van der Waals surface area contributed by atoms with Crippen molar-refractivity contribution in [1.29, 1.82) is 0 Å². The molecule has 1 aromatic rings. The molecule has 5 saturated carbocycles. The molecular formula is C53H75NO11. The van der Waals surface area contributed by atoms with E-state index in [0.29, 0.717) is 31.5 Å². The molecule has 15 atom stereocenters. The van der Waals surface area contributed by atoms with Crippen LogP contribution in [-0.2, 0) is 33.2 Å². The van der Waals surface area contributed by atoms with Crippen LogP contribution >= 0.6 is 0 Å². The van der Waals surface area contributed by atoms with E-state index in [4.69, 9.17) is 28.4 Å². The van der Waals surface area contributed by atoms with Crippen LogP contribution in [0.25, 0.3) is 0 Å². The quantitative estimate of drug-likeness (QED) is 0.0593. The van der Waals surface area contributed by atoms with Gasteiger partial charge in [-0.25, -0.2) is 4.79 Å². The van der Waals surface area contributed by atoms with Gasteiger partial charge in [0.1, 0.15) is 23.9 Å². The van der Waals surface area contributed by atoms with E-state index in [1.54, 1.807) is 45.6 Å². The maximum absolute atomic E-state index is 14.6. The molecule has 65 heavy (non-hydrogen) atoms. The standard InChI is InChI=1S/C53H75NO11/c1-7-9-10-11-12-13-14-15-16-17-18-19-20-21-22-23-24-28-31-40(56)65-53-41-37(33-51(59,48(63-6)46(53)57)47(41)64-49(58)36-29-26-25-27-30-36)52-39(61-4)32-38(55)50(35-60-3)34-54(8-2)45(52)42(53)43(62-5)44(50)52/h9-10,12-13,15-16,18-19,21-22,25-27,29-30,37-39,41-48,55,57,59H,7-8,11,14,17,20,23-24,28,31-35H2,1-6H3/b10-9-,13-12-,16-15-,19-18-,22-21-/t37-,38-,39+,41-,42+,43+,44-,45?,46+,47-,48+,50+,51-,52+,53-/m1/s1. The SMILES string of the molecule is CC/C=C\C/C=C\C/C=C\C/C=C\C/C=C\CCCCC(=O)O[C@]12[C@H]3[C@@H](OC(=O)c4ccccc4)[C@](O)(C[C@H]3[C@@]34C5[C@@H]1[C@H](OC)[C@@H]3[C@](COC)(CN5CC)[C@H](O)C[C@@H]4OC)[C@@H](OC)[C@@H]2O. The molecule has 1 spiro atoms. The molecule has 1 aliphatic heterocycles. The fourth-order valence-electron chi connectivity index (χ4n) is 14.2. The fraction of sp³-hybridized carbons (Fsp3) is 0.660. The van der Waals surface area contributed by atoms with Gasteiger partial charge in [-0.2, -0.15) is 0 Å². The Balaban J connectivity index is 1.15. The molecule has 12 nitrogen and oxygen atoms in total. The molecule has 0 radical (unpaired) electrons. The van der Waals surface area contributed by atoms with Gasteiger partial charge in [0.2, 0.25) is 0 Å². The van der Waals surface area contributed by atoms with Crippen molar-refractivity contribution in [3.63, 3.8) is 0 Å². The van der Waals surface area contributed by atoms with E-state index >= 15 is 0 Å². The number of hydrogen-bond acceptors (Lipinski definition) is 12. The van der Waals surface area contributed by atoms with Crippen LogP contribution in [-0.4, -0.2) is 134 Å². The van der Waals surface area contributed by atoms with Crippen LogP contribution < -0.4 is 0 Å². The highest BCUT2D eigenvalue weighted by Crippen LogP contribution is 2.80. The summed E-state index contributed by atoms with van der Waals surface area (Å²) in [6, 6.07) is 8.25. The van der Waals surface area contributed by atoms with E-state index in [2.05, 4.69) is 79.5 Å². The number of ether oxygens (including phenoxy) is 6. The van der Waals surface area contributed by atoms with Gasteiger partial charge in [-0.05, 0) is 82.4 Å². The average Bonchev–Trinajstić information content (AvgIpc) is 3.68. The molecule has 1 saturated heterocycles. The minimum absolute atomic E-state index is 0.0687.